The molecule has 0 aliphatic carbocycles. The molecule has 23 heavy (non-hydrogen) atoms. The molecular formula is C17H25N3O3. The molecule has 1 atom stereocenters. The minimum absolute atomic E-state index is 0.00510. The Balaban J connectivity index is 2.33. The monoisotopic (exact) mass is 319 g/mol. The van der Waals surface area contributed by atoms with Crippen LogP contribution in [0.1, 0.15) is 32.3 Å². The lowest BCUT2D eigenvalue weighted by Gasteiger charge is -2.34. The van der Waals surface area contributed by atoms with Crippen molar-refractivity contribution in [2.45, 2.75) is 32.8 Å². The van der Waals surface area contributed by atoms with Gasteiger partial charge in [-0.3, -0.25) is 4.79 Å². The summed E-state index contributed by atoms with van der Waals surface area (Å²) >= 11 is 0. The van der Waals surface area contributed by atoms with E-state index in [2.05, 4.69) is 10.1 Å². The van der Waals surface area contributed by atoms with Gasteiger partial charge >= 0.3 is 0 Å². The zero-order valence-electron chi connectivity index (χ0n) is 14.2. The van der Waals surface area contributed by atoms with E-state index in [1.54, 1.807) is 11.8 Å². The highest BCUT2D eigenvalue weighted by Gasteiger charge is 2.33. The Labute approximate surface area is 137 Å². The molecule has 6 heteroatoms. The van der Waals surface area contributed by atoms with E-state index < -0.39 is 6.10 Å². The van der Waals surface area contributed by atoms with E-state index in [0.29, 0.717) is 24.4 Å². The maximum atomic E-state index is 12.7. The quantitative estimate of drug-likeness (QED) is 0.496. The Morgan fingerprint density at radius 2 is 2.17 bits per heavy atom. The van der Waals surface area contributed by atoms with Crippen molar-refractivity contribution in [2.75, 3.05) is 32.1 Å². The van der Waals surface area contributed by atoms with Crippen LogP contribution in [-0.4, -0.2) is 55.0 Å². The van der Waals surface area contributed by atoms with Gasteiger partial charge in [-0.15, -0.1) is 0 Å². The lowest BCUT2D eigenvalue weighted by molar-refractivity contribution is -0.126. The lowest BCUT2D eigenvalue weighted by Crippen LogP contribution is -2.46. The van der Waals surface area contributed by atoms with Crippen molar-refractivity contribution in [1.29, 1.82) is 0 Å². The smallest absolute Gasteiger partial charge is 0.268 e. The van der Waals surface area contributed by atoms with Crippen LogP contribution >= 0.6 is 0 Å². The van der Waals surface area contributed by atoms with Gasteiger partial charge in [-0.1, -0.05) is 12.1 Å². The summed E-state index contributed by atoms with van der Waals surface area (Å²) in [6.45, 7) is 5.22. The minimum Gasteiger partial charge on any atom is -0.478 e. The molecule has 1 heterocycles. The number of fused-ring (bicyclic) bond motifs is 1. The summed E-state index contributed by atoms with van der Waals surface area (Å²) in [5, 5.41) is 12.2. The van der Waals surface area contributed by atoms with Gasteiger partial charge in [0.05, 0.1) is 11.4 Å². The molecule has 0 saturated heterocycles. The molecule has 1 N–H and O–H groups in total. The third-order valence-corrected chi connectivity index (χ3v) is 3.99. The Morgan fingerprint density at radius 3 is 2.78 bits per heavy atom. The highest BCUT2D eigenvalue weighted by atomic mass is 16.5. The van der Waals surface area contributed by atoms with E-state index >= 15 is 0 Å². The number of nitrogens with zero attached hydrogens (tertiary/aromatic N) is 3. The molecule has 1 aromatic rings. The van der Waals surface area contributed by atoms with Crippen molar-refractivity contribution in [3.63, 3.8) is 0 Å². The molecule has 1 aliphatic rings. The summed E-state index contributed by atoms with van der Waals surface area (Å²) in [5.74, 6) is 0.699. The second-order valence-corrected chi connectivity index (χ2v) is 6.03. The highest BCUT2D eigenvalue weighted by molar-refractivity contribution is 6.03. The first-order valence-electron chi connectivity index (χ1n) is 7.93. The fourth-order valence-corrected chi connectivity index (χ4v) is 2.64. The summed E-state index contributed by atoms with van der Waals surface area (Å²) in [6, 6.07) is 5.53. The van der Waals surface area contributed by atoms with Crippen molar-refractivity contribution >= 4 is 17.3 Å². The second-order valence-electron chi connectivity index (χ2n) is 6.03. The minimum atomic E-state index is -0.430. The molecule has 1 aliphatic heterocycles. The van der Waals surface area contributed by atoms with Gasteiger partial charge in [0.2, 0.25) is 0 Å². The van der Waals surface area contributed by atoms with Crippen LogP contribution in [0.15, 0.2) is 23.4 Å². The van der Waals surface area contributed by atoms with Crippen LogP contribution in [0, 0.1) is 0 Å². The van der Waals surface area contributed by atoms with E-state index in [-0.39, 0.29) is 5.91 Å². The summed E-state index contributed by atoms with van der Waals surface area (Å²) < 4.78 is 5.82. The van der Waals surface area contributed by atoms with Gasteiger partial charge in [-0.05, 0) is 58.6 Å². The van der Waals surface area contributed by atoms with Crippen LogP contribution in [0.4, 0.5) is 5.69 Å². The molecule has 1 aromatic carbocycles. The first-order chi connectivity index (χ1) is 11.0. The summed E-state index contributed by atoms with van der Waals surface area (Å²) in [6.07, 6.45) is 1.09. The Hall–Kier alpha value is -2.08. The third kappa shape index (κ3) is 3.82. The number of amides is 1. The van der Waals surface area contributed by atoms with E-state index in [9.17, 15) is 4.79 Å². The highest BCUT2D eigenvalue weighted by Crippen LogP contribution is 2.35. The van der Waals surface area contributed by atoms with E-state index in [1.807, 2.05) is 39.2 Å². The fourth-order valence-electron chi connectivity index (χ4n) is 2.64. The number of hydrogen-bond acceptors (Lipinski definition) is 5. The van der Waals surface area contributed by atoms with Crippen LogP contribution in [0.5, 0.6) is 5.75 Å². The van der Waals surface area contributed by atoms with Crippen molar-refractivity contribution in [1.82, 2.24) is 4.90 Å². The van der Waals surface area contributed by atoms with Crippen LogP contribution in [0.3, 0.4) is 0 Å². The van der Waals surface area contributed by atoms with Crippen LogP contribution in [-0.2, 0) is 4.79 Å². The molecule has 0 fully saturated rings. The number of anilines is 1. The summed E-state index contributed by atoms with van der Waals surface area (Å²) in [7, 11) is 4.03. The van der Waals surface area contributed by atoms with Crippen LogP contribution in [0.25, 0.3) is 0 Å². The van der Waals surface area contributed by atoms with E-state index in [1.165, 1.54) is 0 Å². The number of ether oxygens (including phenoxy) is 1. The zero-order chi connectivity index (χ0) is 17.0. The lowest BCUT2D eigenvalue weighted by atomic mass is 10.1. The Bertz CT molecular complexity index is 599. The van der Waals surface area contributed by atoms with Crippen molar-refractivity contribution in [3.8, 4) is 5.75 Å². The third-order valence-electron chi connectivity index (χ3n) is 3.99. The second kappa shape index (κ2) is 7.46. The molecule has 0 bridgehead atoms. The molecule has 0 radical (unpaired) electrons. The van der Waals surface area contributed by atoms with E-state index in [0.717, 1.165) is 24.2 Å². The molecule has 6 nitrogen and oxygen atoms in total. The number of carbonyl (C=O) groups excluding carboxylic acids is 1. The number of hydrogen-bond donors (Lipinski definition) is 1. The molecule has 2 rings (SSSR count). The maximum absolute atomic E-state index is 12.7. The molecule has 126 valence electrons. The van der Waals surface area contributed by atoms with Gasteiger partial charge in [0.1, 0.15) is 5.75 Å². The number of oxime groups is 1. The zero-order valence-corrected chi connectivity index (χ0v) is 14.2. The van der Waals surface area contributed by atoms with Gasteiger partial charge in [0, 0.05) is 12.1 Å². The predicted molar refractivity (Wildman–Crippen MR) is 90.7 cm³/mol. The summed E-state index contributed by atoms with van der Waals surface area (Å²) in [5.41, 5.74) is 2.03. The fraction of sp³-hybridized carbons (Fsp3) is 0.529. The number of benzene rings is 1. The predicted octanol–water partition coefficient (Wildman–Crippen LogP) is 2.34. The van der Waals surface area contributed by atoms with Crippen LogP contribution in [0.2, 0.25) is 0 Å². The van der Waals surface area contributed by atoms with Gasteiger partial charge in [-0.25, -0.2) is 0 Å². The molecule has 0 spiro atoms. The normalized spacial score (nSPS) is 18.1. The molecule has 0 saturated carbocycles. The largest absolute Gasteiger partial charge is 0.478 e. The van der Waals surface area contributed by atoms with Crippen molar-refractivity contribution in [2.24, 2.45) is 5.16 Å². The SMILES string of the molecule is CCC1Oc2ccc(C(C)=NO)cc2N(CCCN(C)C)C1=O. The van der Waals surface area contributed by atoms with Gasteiger partial charge in [0.25, 0.3) is 5.91 Å². The van der Waals surface area contributed by atoms with E-state index in [4.69, 9.17) is 9.94 Å². The Morgan fingerprint density at radius 1 is 1.43 bits per heavy atom. The maximum Gasteiger partial charge on any atom is 0.268 e. The average molecular weight is 319 g/mol. The molecular weight excluding hydrogens is 294 g/mol. The van der Waals surface area contributed by atoms with Gasteiger partial charge in [0.15, 0.2) is 6.10 Å². The summed E-state index contributed by atoms with van der Waals surface area (Å²) in [4.78, 5) is 16.5. The van der Waals surface area contributed by atoms with Crippen molar-refractivity contribution in [3.05, 3.63) is 23.8 Å². The Kier molecular flexibility index (Phi) is 5.60. The average Bonchev–Trinajstić information content (AvgIpc) is 2.55. The first-order valence-corrected chi connectivity index (χ1v) is 7.93. The van der Waals surface area contributed by atoms with Gasteiger partial charge in [-0.2, -0.15) is 0 Å². The van der Waals surface area contributed by atoms with Gasteiger partial charge < -0.3 is 19.7 Å². The standard InChI is InChI=1S/C17H25N3O3/c1-5-15-17(21)20(10-6-9-19(3)4)14-11-13(12(2)18-22)7-8-16(14)23-15/h7-8,11,15,22H,5-6,9-10H2,1-4H3. The molecule has 1 unspecified atom stereocenters. The topological polar surface area (TPSA) is 65.4 Å². The first kappa shape index (κ1) is 17.3. The number of rotatable bonds is 6. The van der Waals surface area contributed by atoms with Crippen LogP contribution < -0.4 is 9.64 Å². The van der Waals surface area contributed by atoms with Crippen molar-refractivity contribution < 1.29 is 14.7 Å². The molecule has 0 aromatic heterocycles. The molecule has 1 amide bonds. The number of carbonyl (C=O) groups is 1.